The summed E-state index contributed by atoms with van der Waals surface area (Å²) in [4.78, 5) is 15.5. The number of ether oxygens (including phenoxy) is 1. The molecular weight excluding hydrogens is 242 g/mol. The van der Waals surface area contributed by atoms with E-state index in [1.165, 1.54) is 25.7 Å². The van der Waals surface area contributed by atoms with E-state index in [0.29, 0.717) is 12.3 Å². The highest BCUT2D eigenvalue weighted by molar-refractivity contribution is 5.91. The first-order valence-corrected chi connectivity index (χ1v) is 6.82. The van der Waals surface area contributed by atoms with Crippen LogP contribution in [0.1, 0.15) is 55.2 Å². The van der Waals surface area contributed by atoms with Gasteiger partial charge < -0.3 is 4.74 Å². The third-order valence-electron chi connectivity index (χ3n) is 2.81. The van der Waals surface area contributed by atoms with Crippen molar-refractivity contribution in [1.82, 2.24) is 10.4 Å². The van der Waals surface area contributed by atoms with Crippen molar-refractivity contribution in [2.24, 2.45) is 5.84 Å². The van der Waals surface area contributed by atoms with Gasteiger partial charge in [0.15, 0.2) is 0 Å². The summed E-state index contributed by atoms with van der Waals surface area (Å²) in [6, 6.07) is 5.23. The maximum Gasteiger partial charge on any atom is 0.283 e. The highest BCUT2D eigenvalue weighted by Crippen LogP contribution is 2.05. The minimum absolute atomic E-state index is 0.312. The molecule has 19 heavy (non-hydrogen) atoms. The Hall–Kier alpha value is -1.46. The average molecular weight is 265 g/mol. The van der Waals surface area contributed by atoms with Crippen LogP contribution in [-0.4, -0.2) is 17.5 Å². The fourth-order valence-corrected chi connectivity index (χ4v) is 1.74. The van der Waals surface area contributed by atoms with Crippen LogP contribution in [0.4, 0.5) is 0 Å². The molecule has 0 radical (unpaired) electrons. The molecule has 0 aromatic carbocycles. The maximum atomic E-state index is 11.3. The number of pyridine rings is 1. The van der Waals surface area contributed by atoms with Crippen molar-refractivity contribution in [2.45, 2.75) is 45.6 Å². The first-order chi connectivity index (χ1) is 9.27. The van der Waals surface area contributed by atoms with Crippen molar-refractivity contribution < 1.29 is 9.53 Å². The van der Waals surface area contributed by atoms with Crippen molar-refractivity contribution in [1.29, 1.82) is 0 Å². The van der Waals surface area contributed by atoms with Crippen LogP contribution in [0.2, 0.25) is 0 Å². The van der Waals surface area contributed by atoms with Gasteiger partial charge in [0.25, 0.3) is 5.91 Å². The molecule has 0 atom stereocenters. The number of nitrogens with one attached hydrogen (secondary N) is 1. The first-order valence-electron chi connectivity index (χ1n) is 6.82. The molecule has 0 aliphatic carbocycles. The van der Waals surface area contributed by atoms with Gasteiger partial charge in [-0.1, -0.05) is 38.7 Å². The molecule has 0 spiro atoms. The summed E-state index contributed by atoms with van der Waals surface area (Å²) >= 11 is 0. The lowest BCUT2D eigenvalue weighted by molar-refractivity contribution is 0.0945. The molecule has 0 saturated heterocycles. The van der Waals surface area contributed by atoms with Crippen molar-refractivity contribution in [2.75, 3.05) is 6.61 Å². The van der Waals surface area contributed by atoms with Crippen LogP contribution < -0.4 is 11.3 Å². The second-order valence-corrected chi connectivity index (χ2v) is 4.45. The van der Waals surface area contributed by atoms with Crippen molar-refractivity contribution in [3.63, 3.8) is 0 Å². The predicted molar refractivity (Wildman–Crippen MR) is 74.3 cm³/mol. The van der Waals surface area contributed by atoms with Crippen LogP contribution in [0.5, 0.6) is 0 Å². The van der Waals surface area contributed by atoms with Crippen LogP contribution in [0, 0.1) is 0 Å². The zero-order valence-electron chi connectivity index (χ0n) is 11.5. The molecule has 1 aromatic rings. The second-order valence-electron chi connectivity index (χ2n) is 4.45. The number of nitrogens with two attached hydrogens (primary N) is 1. The van der Waals surface area contributed by atoms with Crippen LogP contribution in [0.25, 0.3) is 0 Å². The molecule has 0 unspecified atom stereocenters. The highest BCUT2D eigenvalue weighted by atomic mass is 16.5. The Morgan fingerprint density at radius 2 is 2.11 bits per heavy atom. The molecule has 0 aliphatic heterocycles. The van der Waals surface area contributed by atoms with Crippen molar-refractivity contribution in [3.05, 3.63) is 29.6 Å². The molecule has 5 heteroatoms. The van der Waals surface area contributed by atoms with E-state index in [9.17, 15) is 4.79 Å². The number of unbranched alkanes of at least 4 members (excludes halogenated alkanes) is 4. The summed E-state index contributed by atoms with van der Waals surface area (Å²) in [5.41, 5.74) is 3.12. The Labute approximate surface area is 114 Å². The largest absolute Gasteiger partial charge is 0.375 e. The van der Waals surface area contributed by atoms with E-state index in [-0.39, 0.29) is 5.91 Å². The Balaban J connectivity index is 2.24. The molecule has 1 heterocycles. The lowest BCUT2D eigenvalue weighted by Gasteiger charge is -2.05. The Kier molecular flexibility index (Phi) is 7.77. The molecular formula is C14H23N3O2. The molecule has 1 rings (SSSR count). The second kappa shape index (κ2) is 9.47. The average Bonchev–Trinajstić information content (AvgIpc) is 2.46. The van der Waals surface area contributed by atoms with Crippen LogP contribution >= 0.6 is 0 Å². The number of carbonyl (C=O) groups is 1. The lowest BCUT2D eigenvalue weighted by Crippen LogP contribution is -2.30. The van der Waals surface area contributed by atoms with Crippen molar-refractivity contribution in [3.8, 4) is 0 Å². The molecule has 0 saturated carbocycles. The third-order valence-corrected chi connectivity index (χ3v) is 2.81. The van der Waals surface area contributed by atoms with E-state index < -0.39 is 0 Å². The van der Waals surface area contributed by atoms with Gasteiger partial charge in [-0.25, -0.2) is 10.8 Å². The SMILES string of the molecule is CCCCCCCOCc1cccc(C(=O)NN)n1. The summed E-state index contributed by atoms with van der Waals surface area (Å²) in [7, 11) is 0. The number of hydrazine groups is 1. The van der Waals surface area contributed by atoms with E-state index in [1.807, 2.05) is 6.07 Å². The Bertz CT molecular complexity index is 383. The number of nitrogen functional groups attached to an aromatic ring is 1. The van der Waals surface area contributed by atoms with Crippen LogP contribution in [0.15, 0.2) is 18.2 Å². The molecule has 0 fully saturated rings. The molecule has 1 aromatic heterocycles. The number of nitrogens with zero attached hydrogens (tertiary/aromatic N) is 1. The normalized spacial score (nSPS) is 10.4. The van der Waals surface area contributed by atoms with E-state index in [2.05, 4.69) is 17.3 Å². The van der Waals surface area contributed by atoms with Crippen molar-refractivity contribution >= 4 is 5.91 Å². The molecule has 3 N–H and O–H groups in total. The van der Waals surface area contributed by atoms with Gasteiger partial charge in [0.05, 0.1) is 12.3 Å². The predicted octanol–water partition coefficient (Wildman–Crippen LogP) is 2.17. The van der Waals surface area contributed by atoms with E-state index >= 15 is 0 Å². The molecule has 0 aliphatic rings. The summed E-state index contributed by atoms with van der Waals surface area (Å²) < 4.78 is 5.54. The number of aromatic nitrogens is 1. The molecule has 5 nitrogen and oxygen atoms in total. The molecule has 106 valence electrons. The van der Waals surface area contributed by atoms with Gasteiger partial charge in [-0.2, -0.15) is 0 Å². The van der Waals surface area contributed by atoms with Gasteiger partial charge >= 0.3 is 0 Å². The van der Waals surface area contributed by atoms with Gasteiger partial charge in [0.1, 0.15) is 5.69 Å². The number of rotatable bonds is 9. The zero-order valence-corrected chi connectivity index (χ0v) is 11.5. The first kappa shape index (κ1) is 15.6. The Morgan fingerprint density at radius 1 is 1.32 bits per heavy atom. The van der Waals surface area contributed by atoms with Gasteiger partial charge in [-0.3, -0.25) is 10.2 Å². The topological polar surface area (TPSA) is 77.2 Å². The fraction of sp³-hybridized carbons (Fsp3) is 0.571. The number of carbonyl (C=O) groups excluding carboxylic acids is 1. The quantitative estimate of drug-likeness (QED) is 0.310. The fourth-order valence-electron chi connectivity index (χ4n) is 1.74. The smallest absolute Gasteiger partial charge is 0.283 e. The third kappa shape index (κ3) is 6.31. The van der Waals surface area contributed by atoms with E-state index in [0.717, 1.165) is 18.7 Å². The molecule has 0 bridgehead atoms. The van der Waals surface area contributed by atoms with Gasteiger partial charge in [0.2, 0.25) is 0 Å². The number of hydrogen-bond donors (Lipinski definition) is 2. The van der Waals surface area contributed by atoms with E-state index in [4.69, 9.17) is 10.6 Å². The van der Waals surface area contributed by atoms with Crippen LogP contribution in [0.3, 0.4) is 0 Å². The number of amides is 1. The van der Waals surface area contributed by atoms with E-state index in [1.54, 1.807) is 12.1 Å². The van der Waals surface area contributed by atoms with Crippen LogP contribution in [-0.2, 0) is 11.3 Å². The Morgan fingerprint density at radius 3 is 2.84 bits per heavy atom. The minimum atomic E-state index is -0.388. The van der Waals surface area contributed by atoms with Gasteiger partial charge in [-0.15, -0.1) is 0 Å². The number of hydrogen-bond acceptors (Lipinski definition) is 4. The maximum absolute atomic E-state index is 11.3. The minimum Gasteiger partial charge on any atom is -0.375 e. The molecule has 1 amide bonds. The van der Waals surface area contributed by atoms with Gasteiger partial charge in [-0.05, 0) is 18.6 Å². The lowest BCUT2D eigenvalue weighted by atomic mass is 10.2. The monoisotopic (exact) mass is 265 g/mol. The van der Waals surface area contributed by atoms with Gasteiger partial charge in [0, 0.05) is 6.61 Å². The highest BCUT2D eigenvalue weighted by Gasteiger charge is 2.05. The summed E-state index contributed by atoms with van der Waals surface area (Å²) in [6.07, 6.45) is 6.09. The zero-order chi connectivity index (χ0) is 13.9. The summed E-state index contributed by atoms with van der Waals surface area (Å²) in [6.45, 7) is 3.37. The summed E-state index contributed by atoms with van der Waals surface area (Å²) in [5, 5.41) is 0. The standard InChI is InChI=1S/C14H23N3O2/c1-2-3-4-5-6-10-19-11-12-8-7-9-13(16-12)14(18)17-15/h7-9H,2-6,10-11,15H2,1H3,(H,17,18). The summed E-state index contributed by atoms with van der Waals surface area (Å²) in [5.74, 6) is 4.68.